The topological polar surface area (TPSA) is 88.8 Å². The van der Waals surface area contributed by atoms with Crippen molar-refractivity contribution in [2.24, 2.45) is 5.41 Å². The lowest BCUT2D eigenvalue weighted by Gasteiger charge is -2.42. The highest BCUT2D eigenvalue weighted by Crippen LogP contribution is 2.42. The molecule has 0 bridgehead atoms. The first kappa shape index (κ1) is 25.8. The van der Waals surface area contributed by atoms with Gasteiger partial charge in [-0.15, -0.1) is 0 Å². The van der Waals surface area contributed by atoms with E-state index in [-0.39, 0.29) is 11.8 Å². The molecule has 206 valence electrons. The number of piperidine rings is 1. The van der Waals surface area contributed by atoms with Gasteiger partial charge in [-0.3, -0.25) is 9.59 Å². The van der Waals surface area contributed by atoms with Crippen molar-refractivity contribution in [1.29, 1.82) is 0 Å². The molecule has 0 N–H and O–H groups in total. The quantitative estimate of drug-likeness (QED) is 0.448. The number of para-hydroxylation sites is 1. The number of amides is 2. The van der Waals surface area contributed by atoms with E-state index in [9.17, 15) is 9.59 Å². The molecule has 2 amide bonds. The minimum Gasteiger partial charge on any atom is -0.491 e. The molecule has 1 spiro atoms. The average molecular weight is 531 g/mol. The third-order valence-electron chi connectivity index (χ3n) is 8.93. The second-order valence-electron chi connectivity index (χ2n) is 11.6. The molecule has 6 rings (SSSR count). The number of hydrogen-bond donors (Lipinski definition) is 0. The van der Waals surface area contributed by atoms with Crippen LogP contribution >= 0.6 is 0 Å². The lowest BCUT2D eigenvalue weighted by molar-refractivity contribution is -0.144. The molecule has 2 aromatic heterocycles. The van der Waals surface area contributed by atoms with Crippen molar-refractivity contribution in [1.82, 2.24) is 19.9 Å². The van der Waals surface area contributed by atoms with Crippen molar-refractivity contribution < 1.29 is 18.8 Å². The van der Waals surface area contributed by atoms with E-state index in [4.69, 9.17) is 9.26 Å². The van der Waals surface area contributed by atoms with E-state index < -0.39 is 5.41 Å². The number of rotatable bonds is 2. The van der Waals surface area contributed by atoms with E-state index in [0.717, 1.165) is 56.4 Å². The van der Waals surface area contributed by atoms with Gasteiger partial charge < -0.3 is 19.1 Å². The summed E-state index contributed by atoms with van der Waals surface area (Å²) in [4.78, 5) is 36.1. The van der Waals surface area contributed by atoms with Crippen molar-refractivity contribution in [3.63, 3.8) is 0 Å². The predicted octanol–water partition coefficient (Wildman–Crippen LogP) is 5.28. The summed E-state index contributed by atoms with van der Waals surface area (Å²) in [7, 11) is 1.89. The number of hydrogen-bond acceptors (Lipinski definition) is 6. The van der Waals surface area contributed by atoms with Crippen molar-refractivity contribution >= 4 is 22.9 Å². The minimum absolute atomic E-state index is 0.0120. The van der Waals surface area contributed by atoms with Gasteiger partial charge in [-0.25, -0.2) is 4.98 Å². The maximum Gasteiger partial charge on any atom is 0.259 e. The van der Waals surface area contributed by atoms with Crippen LogP contribution in [-0.4, -0.2) is 65.0 Å². The van der Waals surface area contributed by atoms with Crippen LogP contribution in [0, 0.1) is 12.3 Å². The fourth-order valence-corrected chi connectivity index (χ4v) is 6.36. The smallest absolute Gasteiger partial charge is 0.259 e. The maximum absolute atomic E-state index is 13.9. The predicted molar refractivity (Wildman–Crippen MR) is 148 cm³/mol. The molecule has 8 heteroatoms. The fourth-order valence-electron chi connectivity index (χ4n) is 6.36. The van der Waals surface area contributed by atoms with Gasteiger partial charge in [-0.1, -0.05) is 36.2 Å². The standard InChI is InChI=1S/C31H38N4O4/c1-21-27-24(20-25(22-11-12-22)32-28(27)39-33-21)29(36)35-16-14-31(15-17-35)13-7-3-4-8-23-9-5-6-10-26(23)38-19-18-34(2)30(31)37/h5-6,9-10,20,22H,3-4,7-8,11-19H2,1-2H3. The lowest BCUT2D eigenvalue weighted by Crippen LogP contribution is -2.51. The number of likely N-dealkylation sites (tertiary alicyclic amines) is 1. The number of likely N-dealkylation sites (N-methyl/N-ethyl adjacent to an activating group) is 1. The Hall–Kier alpha value is -3.42. The van der Waals surface area contributed by atoms with E-state index in [0.29, 0.717) is 67.4 Å². The van der Waals surface area contributed by atoms with Crippen LogP contribution in [0.3, 0.4) is 0 Å². The van der Waals surface area contributed by atoms with Gasteiger partial charge >= 0.3 is 0 Å². The van der Waals surface area contributed by atoms with Crippen LogP contribution in [0.2, 0.25) is 0 Å². The number of carbonyl (C=O) groups is 2. The van der Waals surface area contributed by atoms with Crippen molar-refractivity contribution in [3.8, 4) is 5.75 Å². The Balaban J connectivity index is 1.18. The lowest BCUT2D eigenvalue weighted by atomic mass is 9.73. The summed E-state index contributed by atoms with van der Waals surface area (Å²) >= 11 is 0. The Morgan fingerprint density at radius 3 is 2.64 bits per heavy atom. The van der Waals surface area contributed by atoms with Gasteiger partial charge in [-0.2, -0.15) is 0 Å². The zero-order chi connectivity index (χ0) is 27.0. The molecule has 3 aliphatic rings. The highest BCUT2D eigenvalue weighted by molar-refractivity contribution is 6.06. The van der Waals surface area contributed by atoms with Crippen LogP contribution in [0.25, 0.3) is 11.1 Å². The van der Waals surface area contributed by atoms with Crippen LogP contribution in [0.1, 0.15) is 84.6 Å². The minimum atomic E-state index is -0.438. The largest absolute Gasteiger partial charge is 0.491 e. The average Bonchev–Trinajstić information content (AvgIpc) is 3.74. The molecule has 1 saturated carbocycles. The monoisotopic (exact) mass is 530 g/mol. The van der Waals surface area contributed by atoms with E-state index in [2.05, 4.69) is 22.3 Å². The molecular weight excluding hydrogens is 492 g/mol. The number of ether oxygens (including phenoxy) is 1. The van der Waals surface area contributed by atoms with Crippen LogP contribution in [-0.2, 0) is 11.2 Å². The van der Waals surface area contributed by atoms with Crippen LogP contribution in [0.4, 0.5) is 0 Å². The number of benzene rings is 1. The first-order valence-corrected chi connectivity index (χ1v) is 14.5. The van der Waals surface area contributed by atoms with Crippen LogP contribution < -0.4 is 4.74 Å². The van der Waals surface area contributed by atoms with Crippen molar-refractivity contribution in [2.45, 2.75) is 70.6 Å². The molecule has 3 aromatic rings. The Labute approximate surface area is 229 Å². The summed E-state index contributed by atoms with van der Waals surface area (Å²) in [6, 6.07) is 10.2. The highest BCUT2D eigenvalue weighted by atomic mass is 16.5. The Kier molecular flexibility index (Phi) is 7.04. The maximum atomic E-state index is 13.9. The molecule has 2 aliphatic heterocycles. The van der Waals surface area contributed by atoms with Gasteiger partial charge in [-0.05, 0) is 69.6 Å². The fraction of sp³-hybridized carbons (Fsp3) is 0.548. The van der Waals surface area contributed by atoms with E-state index in [1.54, 1.807) is 0 Å². The first-order chi connectivity index (χ1) is 18.9. The Morgan fingerprint density at radius 1 is 1.05 bits per heavy atom. The molecule has 2 fully saturated rings. The van der Waals surface area contributed by atoms with Crippen LogP contribution in [0.15, 0.2) is 34.9 Å². The second kappa shape index (κ2) is 10.6. The Bertz CT molecular complexity index is 1370. The number of aromatic nitrogens is 2. The third-order valence-corrected chi connectivity index (χ3v) is 8.93. The third kappa shape index (κ3) is 5.13. The van der Waals surface area contributed by atoms with Crippen molar-refractivity contribution in [3.05, 3.63) is 52.8 Å². The van der Waals surface area contributed by atoms with E-state index in [1.807, 2.05) is 42.0 Å². The summed E-state index contributed by atoms with van der Waals surface area (Å²) in [5.41, 5.74) is 3.49. The summed E-state index contributed by atoms with van der Waals surface area (Å²) in [5, 5.41) is 4.80. The second-order valence-corrected chi connectivity index (χ2v) is 11.6. The zero-order valence-corrected chi connectivity index (χ0v) is 23.1. The molecule has 8 nitrogen and oxygen atoms in total. The molecule has 0 unspecified atom stereocenters. The first-order valence-electron chi connectivity index (χ1n) is 14.5. The summed E-state index contributed by atoms with van der Waals surface area (Å²) in [6.07, 6.45) is 8.54. The SMILES string of the molecule is Cc1noc2nc(C3CC3)cc(C(=O)N3CCC4(CCCCCc5ccccc5OCCN(C)C4=O)CC3)c12. The number of pyridine rings is 1. The van der Waals surface area contributed by atoms with Crippen LogP contribution in [0.5, 0.6) is 5.75 Å². The molecule has 1 aliphatic carbocycles. The molecule has 0 radical (unpaired) electrons. The van der Waals surface area contributed by atoms with Gasteiger partial charge in [0.25, 0.3) is 11.6 Å². The van der Waals surface area contributed by atoms with E-state index in [1.165, 1.54) is 5.56 Å². The van der Waals surface area contributed by atoms with Gasteiger partial charge in [0.05, 0.1) is 28.6 Å². The molecule has 0 atom stereocenters. The highest BCUT2D eigenvalue weighted by Gasteiger charge is 2.43. The molecule has 4 heterocycles. The summed E-state index contributed by atoms with van der Waals surface area (Å²) in [6.45, 7) is 4.00. The molecule has 39 heavy (non-hydrogen) atoms. The zero-order valence-electron chi connectivity index (χ0n) is 23.1. The molecule has 1 aromatic carbocycles. The number of fused-ring (bicyclic) bond motifs is 2. The van der Waals surface area contributed by atoms with Gasteiger partial charge in [0, 0.05) is 31.7 Å². The number of carbonyl (C=O) groups excluding carboxylic acids is 2. The number of aryl methyl sites for hydroxylation is 2. The summed E-state index contributed by atoms with van der Waals surface area (Å²) < 4.78 is 11.6. The molecular formula is C31H38N4O4. The van der Waals surface area contributed by atoms with Gasteiger partial charge in [0.2, 0.25) is 5.91 Å². The normalized spacial score (nSPS) is 20.6. The van der Waals surface area contributed by atoms with Gasteiger partial charge in [0.15, 0.2) is 0 Å². The van der Waals surface area contributed by atoms with Crippen molar-refractivity contribution in [2.75, 3.05) is 33.3 Å². The number of nitrogens with zero attached hydrogens (tertiary/aromatic N) is 4. The summed E-state index contributed by atoms with van der Waals surface area (Å²) in [5.74, 6) is 1.50. The molecule has 1 saturated heterocycles. The van der Waals surface area contributed by atoms with Gasteiger partial charge in [0.1, 0.15) is 12.4 Å². The Morgan fingerprint density at radius 2 is 1.85 bits per heavy atom. The van der Waals surface area contributed by atoms with E-state index >= 15 is 0 Å².